The van der Waals surface area contributed by atoms with Crippen LogP contribution in [-0.2, 0) is 12.0 Å². The lowest BCUT2D eigenvalue weighted by atomic mass is 9.85. The lowest BCUT2D eigenvalue weighted by Crippen LogP contribution is -2.14. The molecule has 1 aromatic rings. The van der Waals surface area contributed by atoms with Crippen molar-refractivity contribution >= 4 is 5.91 Å². The van der Waals surface area contributed by atoms with Crippen LogP contribution in [0.25, 0.3) is 0 Å². The van der Waals surface area contributed by atoms with Crippen LogP contribution in [0.15, 0.2) is 12.1 Å². The van der Waals surface area contributed by atoms with Gasteiger partial charge in [-0.1, -0.05) is 20.8 Å². The number of nitrogens with one attached hydrogen (secondary N) is 1. The smallest absolute Gasteiger partial charge is 0.252 e. The highest BCUT2D eigenvalue weighted by molar-refractivity contribution is 5.98. The van der Waals surface area contributed by atoms with Crippen molar-refractivity contribution in [2.75, 3.05) is 0 Å². The second-order valence-corrected chi connectivity index (χ2v) is 4.92. The molecule has 2 nitrogen and oxygen atoms in total. The summed E-state index contributed by atoms with van der Waals surface area (Å²) in [6.45, 7) is 6.39. The van der Waals surface area contributed by atoms with Gasteiger partial charge in [0.05, 0.1) is 0 Å². The molecule has 0 aromatic heterocycles. The number of hydrogen-bond acceptors (Lipinski definition) is 1. The predicted molar refractivity (Wildman–Crippen MR) is 56.3 cm³/mol. The predicted octanol–water partition coefficient (Wildman–Crippen LogP) is 2.37. The van der Waals surface area contributed by atoms with Crippen LogP contribution in [0.5, 0.6) is 0 Å². The second-order valence-electron chi connectivity index (χ2n) is 4.92. The molecule has 1 N–H and O–H groups in total. The van der Waals surface area contributed by atoms with E-state index >= 15 is 0 Å². The van der Waals surface area contributed by atoms with Crippen LogP contribution < -0.4 is 5.32 Å². The van der Waals surface area contributed by atoms with Crippen LogP contribution in [-0.4, -0.2) is 5.91 Å². The average Bonchev–Trinajstić information content (AvgIpc) is 2.45. The van der Waals surface area contributed by atoms with Gasteiger partial charge in [0.15, 0.2) is 0 Å². The van der Waals surface area contributed by atoms with Crippen LogP contribution >= 0.6 is 0 Å². The summed E-state index contributed by atoms with van der Waals surface area (Å²) in [5, 5.41) is 2.69. The van der Waals surface area contributed by atoms with Crippen LogP contribution in [0.2, 0.25) is 0 Å². The van der Waals surface area contributed by atoms with E-state index in [9.17, 15) is 9.18 Å². The van der Waals surface area contributed by atoms with Gasteiger partial charge in [0.25, 0.3) is 5.91 Å². The fraction of sp³-hybridized carbons (Fsp3) is 0.417. The monoisotopic (exact) mass is 207 g/mol. The minimum atomic E-state index is -0.293. The van der Waals surface area contributed by atoms with Gasteiger partial charge in [-0.3, -0.25) is 4.79 Å². The summed E-state index contributed by atoms with van der Waals surface area (Å²) in [6.07, 6.45) is 0. The molecule has 1 aromatic carbocycles. The number of carbonyl (C=O) groups excluding carboxylic acids is 1. The molecule has 0 radical (unpaired) electrons. The Hall–Kier alpha value is -1.38. The zero-order valence-corrected chi connectivity index (χ0v) is 9.15. The standard InChI is InChI=1S/C12H14FNO/c1-12(2,3)9-4-7-6-14-11(15)8(7)5-10(9)13/h4-5H,6H2,1-3H3,(H,14,15). The van der Waals surface area contributed by atoms with Crippen molar-refractivity contribution in [3.05, 3.63) is 34.6 Å². The molecule has 2 rings (SSSR count). The summed E-state index contributed by atoms with van der Waals surface area (Å²) in [4.78, 5) is 11.3. The van der Waals surface area contributed by atoms with Gasteiger partial charge in [0, 0.05) is 12.1 Å². The molecule has 80 valence electrons. The number of benzene rings is 1. The van der Waals surface area contributed by atoms with Crippen molar-refractivity contribution in [1.82, 2.24) is 5.32 Å². The quantitative estimate of drug-likeness (QED) is 0.695. The normalized spacial score (nSPS) is 15.1. The molecular weight excluding hydrogens is 193 g/mol. The van der Waals surface area contributed by atoms with Crippen molar-refractivity contribution < 1.29 is 9.18 Å². The molecular formula is C12H14FNO. The molecule has 3 heteroatoms. The highest BCUT2D eigenvalue weighted by atomic mass is 19.1. The molecule has 15 heavy (non-hydrogen) atoms. The molecule has 0 fully saturated rings. The summed E-state index contributed by atoms with van der Waals surface area (Å²) >= 11 is 0. The molecule has 1 amide bonds. The molecule has 0 spiro atoms. The summed E-state index contributed by atoms with van der Waals surface area (Å²) < 4.78 is 13.7. The number of halogens is 1. The largest absolute Gasteiger partial charge is 0.348 e. The van der Waals surface area contributed by atoms with E-state index in [0.717, 1.165) is 5.56 Å². The first-order valence-corrected chi connectivity index (χ1v) is 5.00. The summed E-state index contributed by atoms with van der Waals surface area (Å²) in [5.74, 6) is -0.470. The van der Waals surface area contributed by atoms with Crippen molar-refractivity contribution in [1.29, 1.82) is 0 Å². The van der Waals surface area contributed by atoms with E-state index in [1.165, 1.54) is 6.07 Å². The van der Waals surface area contributed by atoms with Crippen LogP contribution in [0.3, 0.4) is 0 Å². The zero-order chi connectivity index (χ0) is 11.2. The average molecular weight is 207 g/mol. The first-order valence-electron chi connectivity index (χ1n) is 5.00. The Kier molecular flexibility index (Phi) is 2.07. The second kappa shape index (κ2) is 3.05. The fourth-order valence-electron chi connectivity index (χ4n) is 1.82. The minimum absolute atomic E-state index is 0.177. The number of hydrogen-bond donors (Lipinski definition) is 1. The van der Waals surface area contributed by atoms with Gasteiger partial charge >= 0.3 is 0 Å². The highest BCUT2D eigenvalue weighted by Gasteiger charge is 2.25. The molecule has 1 aliphatic heterocycles. The number of carbonyl (C=O) groups is 1. The van der Waals surface area contributed by atoms with Gasteiger partial charge < -0.3 is 5.32 Å². The van der Waals surface area contributed by atoms with Crippen molar-refractivity contribution in [3.63, 3.8) is 0 Å². The van der Waals surface area contributed by atoms with E-state index in [-0.39, 0.29) is 17.1 Å². The molecule has 0 atom stereocenters. The van der Waals surface area contributed by atoms with Gasteiger partial charge in [-0.25, -0.2) is 4.39 Å². The molecule has 0 aliphatic carbocycles. The number of rotatable bonds is 0. The lowest BCUT2D eigenvalue weighted by Gasteiger charge is -2.20. The van der Waals surface area contributed by atoms with Gasteiger partial charge in [-0.15, -0.1) is 0 Å². The molecule has 0 bridgehead atoms. The maximum Gasteiger partial charge on any atom is 0.252 e. The third-order valence-electron chi connectivity index (χ3n) is 2.68. The van der Waals surface area contributed by atoms with Gasteiger partial charge in [0.1, 0.15) is 5.82 Å². The van der Waals surface area contributed by atoms with E-state index in [2.05, 4.69) is 5.32 Å². The highest BCUT2D eigenvalue weighted by Crippen LogP contribution is 2.29. The third kappa shape index (κ3) is 1.62. The minimum Gasteiger partial charge on any atom is -0.348 e. The fourth-order valence-corrected chi connectivity index (χ4v) is 1.82. The van der Waals surface area contributed by atoms with Crippen molar-refractivity contribution in [2.45, 2.75) is 32.7 Å². The van der Waals surface area contributed by atoms with E-state index in [0.29, 0.717) is 17.7 Å². The van der Waals surface area contributed by atoms with E-state index in [1.807, 2.05) is 20.8 Å². The maximum absolute atomic E-state index is 13.7. The number of fused-ring (bicyclic) bond motifs is 1. The topological polar surface area (TPSA) is 29.1 Å². The first-order chi connectivity index (χ1) is 6.89. The molecule has 1 heterocycles. The Bertz CT molecular complexity index is 432. The zero-order valence-electron chi connectivity index (χ0n) is 9.15. The Labute approximate surface area is 88.5 Å². The van der Waals surface area contributed by atoms with Crippen LogP contribution in [0.4, 0.5) is 4.39 Å². The van der Waals surface area contributed by atoms with Gasteiger partial charge in [-0.2, -0.15) is 0 Å². The maximum atomic E-state index is 13.7. The Balaban J connectivity index is 2.59. The molecule has 0 saturated heterocycles. The molecule has 1 aliphatic rings. The van der Waals surface area contributed by atoms with Crippen molar-refractivity contribution in [2.24, 2.45) is 0 Å². The molecule has 0 unspecified atom stereocenters. The van der Waals surface area contributed by atoms with E-state index in [1.54, 1.807) is 6.07 Å². The first kappa shape index (κ1) is 10.1. The van der Waals surface area contributed by atoms with Crippen LogP contribution in [0.1, 0.15) is 42.3 Å². The van der Waals surface area contributed by atoms with E-state index in [4.69, 9.17) is 0 Å². The number of amides is 1. The van der Waals surface area contributed by atoms with Gasteiger partial charge in [-0.05, 0) is 28.7 Å². The summed E-state index contributed by atoms with van der Waals surface area (Å²) in [5.41, 5.74) is 1.80. The van der Waals surface area contributed by atoms with Gasteiger partial charge in [0.2, 0.25) is 0 Å². The Morgan fingerprint density at radius 2 is 2.00 bits per heavy atom. The summed E-state index contributed by atoms with van der Waals surface area (Å²) in [6, 6.07) is 3.14. The lowest BCUT2D eigenvalue weighted by molar-refractivity contribution is 0.0965. The third-order valence-corrected chi connectivity index (χ3v) is 2.68. The van der Waals surface area contributed by atoms with E-state index < -0.39 is 0 Å². The molecule has 0 saturated carbocycles. The Morgan fingerprint density at radius 1 is 1.33 bits per heavy atom. The van der Waals surface area contributed by atoms with Crippen molar-refractivity contribution in [3.8, 4) is 0 Å². The SMILES string of the molecule is CC(C)(C)c1cc2c(cc1F)C(=O)NC2. The van der Waals surface area contributed by atoms with Crippen LogP contribution in [0, 0.1) is 5.82 Å². The Morgan fingerprint density at radius 3 is 2.60 bits per heavy atom. The summed E-state index contributed by atoms with van der Waals surface area (Å²) in [7, 11) is 0.